The lowest BCUT2D eigenvalue weighted by molar-refractivity contribution is 0.166. The Balaban J connectivity index is 1.91. The lowest BCUT2D eigenvalue weighted by Crippen LogP contribution is -2.04. The number of hydrogen-bond acceptors (Lipinski definition) is 1. The predicted octanol–water partition coefficient (Wildman–Crippen LogP) is 3.87. The van der Waals surface area contributed by atoms with Crippen LogP contribution in [0.15, 0.2) is 54.6 Å². The van der Waals surface area contributed by atoms with Crippen LogP contribution in [0.25, 0.3) is 0 Å². The number of hydrogen-bond donors (Lipinski definition) is 1. The molecule has 19 heavy (non-hydrogen) atoms. The van der Waals surface area contributed by atoms with Crippen molar-refractivity contribution in [2.24, 2.45) is 5.92 Å². The molecule has 0 spiro atoms. The second kappa shape index (κ2) is 4.82. The molecule has 1 nitrogen and oxygen atoms in total. The monoisotopic (exact) mass is 252 g/mol. The minimum Gasteiger partial charge on any atom is -0.393 e. The molecule has 1 aliphatic carbocycles. The van der Waals surface area contributed by atoms with E-state index in [0.29, 0.717) is 17.8 Å². The van der Waals surface area contributed by atoms with Gasteiger partial charge in [0.1, 0.15) is 0 Å². The third-order valence-electron chi connectivity index (χ3n) is 4.28. The number of rotatable bonds is 3. The fourth-order valence-electron chi connectivity index (χ4n) is 3.26. The largest absolute Gasteiger partial charge is 0.393 e. The molecule has 1 fully saturated rings. The van der Waals surface area contributed by atoms with Crippen molar-refractivity contribution in [1.82, 2.24) is 0 Å². The summed E-state index contributed by atoms with van der Waals surface area (Å²) in [5.41, 5.74) is 3.98. The fourth-order valence-corrected chi connectivity index (χ4v) is 3.26. The molecule has 98 valence electrons. The first-order valence-electron chi connectivity index (χ1n) is 6.98. The van der Waals surface area contributed by atoms with Crippen molar-refractivity contribution in [2.75, 3.05) is 0 Å². The molecule has 3 rings (SSSR count). The molecule has 0 saturated heterocycles. The third kappa shape index (κ3) is 2.31. The van der Waals surface area contributed by atoms with Crippen molar-refractivity contribution in [2.45, 2.75) is 31.8 Å². The Morgan fingerprint density at radius 1 is 0.842 bits per heavy atom. The first-order chi connectivity index (χ1) is 9.18. The first kappa shape index (κ1) is 12.4. The van der Waals surface area contributed by atoms with Crippen LogP contribution in [0.1, 0.15) is 35.4 Å². The Morgan fingerprint density at radius 3 is 1.89 bits per heavy atom. The molecular formula is C18H20O. The summed E-state index contributed by atoms with van der Waals surface area (Å²) in [7, 11) is 0. The second-order valence-corrected chi connectivity index (χ2v) is 5.69. The highest BCUT2D eigenvalue weighted by Crippen LogP contribution is 2.61. The lowest BCUT2D eigenvalue weighted by Gasteiger charge is -2.03. The Bertz CT molecular complexity index is 542. The molecule has 2 aromatic carbocycles. The molecule has 0 radical (unpaired) electrons. The van der Waals surface area contributed by atoms with E-state index >= 15 is 0 Å². The highest BCUT2D eigenvalue weighted by molar-refractivity contribution is 5.40. The molecule has 4 atom stereocenters. The van der Waals surface area contributed by atoms with Gasteiger partial charge in [-0.05, 0) is 42.7 Å². The van der Waals surface area contributed by atoms with Gasteiger partial charge < -0.3 is 5.11 Å². The van der Waals surface area contributed by atoms with Gasteiger partial charge in [-0.25, -0.2) is 0 Å². The van der Waals surface area contributed by atoms with Crippen molar-refractivity contribution >= 4 is 0 Å². The van der Waals surface area contributed by atoms with Gasteiger partial charge in [0.15, 0.2) is 0 Å². The second-order valence-electron chi connectivity index (χ2n) is 5.69. The average molecular weight is 252 g/mol. The molecule has 1 heteroatoms. The van der Waals surface area contributed by atoms with Gasteiger partial charge in [0.2, 0.25) is 0 Å². The molecular weight excluding hydrogens is 232 g/mol. The summed E-state index contributed by atoms with van der Waals surface area (Å²) in [5.74, 6) is 1.28. The van der Waals surface area contributed by atoms with Crippen LogP contribution >= 0.6 is 0 Å². The Kier molecular flexibility index (Phi) is 3.16. The number of aliphatic hydroxyl groups excluding tert-OH is 1. The van der Waals surface area contributed by atoms with Gasteiger partial charge >= 0.3 is 0 Å². The molecule has 2 aromatic rings. The fraction of sp³-hybridized carbons (Fsp3) is 0.333. The molecule has 0 bridgehead atoms. The van der Waals surface area contributed by atoms with Gasteiger partial charge in [-0.2, -0.15) is 0 Å². The summed E-state index contributed by atoms with van der Waals surface area (Å²) >= 11 is 0. The van der Waals surface area contributed by atoms with E-state index in [-0.39, 0.29) is 6.10 Å². The Hall–Kier alpha value is -1.60. The van der Waals surface area contributed by atoms with Gasteiger partial charge in [-0.3, -0.25) is 0 Å². The van der Waals surface area contributed by atoms with Crippen LogP contribution in [0, 0.1) is 12.8 Å². The maximum absolute atomic E-state index is 10.0. The van der Waals surface area contributed by atoms with Gasteiger partial charge in [0.05, 0.1) is 6.10 Å². The summed E-state index contributed by atoms with van der Waals surface area (Å²) in [6.07, 6.45) is -0.253. The van der Waals surface area contributed by atoms with E-state index in [1.807, 2.05) is 13.0 Å². The quantitative estimate of drug-likeness (QED) is 0.879. The van der Waals surface area contributed by atoms with E-state index in [1.54, 1.807) is 0 Å². The van der Waals surface area contributed by atoms with E-state index < -0.39 is 0 Å². The minimum atomic E-state index is -0.253. The SMILES string of the molecule is Cc1ccc([C@@H]2[C@H](c3ccccc3)[C@H]2[C@H](C)O)cc1. The standard InChI is InChI=1S/C18H20O/c1-12-8-10-15(11-9-12)18-16(13(2)19)17(18)14-6-4-3-5-7-14/h3-11,13,16-19H,1-2H3/t13-,16+,17+,18-/m0/s1. The normalized spacial score (nSPS) is 27.0. The molecule has 1 aliphatic rings. The summed E-state index contributed by atoms with van der Waals surface area (Å²) in [5, 5.41) is 10.0. The van der Waals surface area contributed by atoms with Crippen molar-refractivity contribution < 1.29 is 5.11 Å². The third-order valence-corrected chi connectivity index (χ3v) is 4.28. The zero-order valence-corrected chi connectivity index (χ0v) is 11.5. The van der Waals surface area contributed by atoms with E-state index in [4.69, 9.17) is 0 Å². The molecule has 0 unspecified atom stereocenters. The van der Waals surface area contributed by atoms with E-state index in [1.165, 1.54) is 16.7 Å². The average Bonchev–Trinajstić information content (AvgIpc) is 3.16. The molecule has 0 aromatic heterocycles. The minimum absolute atomic E-state index is 0.253. The molecule has 0 heterocycles. The van der Waals surface area contributed by atoms with Crippen molar-refractivity contribution in [1.29, 1.82) is 0 Å². The van der Waals surface area contributed by atoms with Crippen molar-refractivity contribution in [3.63, 3.8) is 0 Å². The predicted molar refractivity (Wildman–Crippen MR) is 78.3 cm³/mol. The maximum Gasteiger partial charge on any atom is 0.0552 e. The van der Waals surface area contributed by atoms with Gasteiger partial charge in [-0.1, -0.05) is 60.2 Å². The zero-order valence-electron chi connectivity index (χ0n) is 11.5. The summed E-state index contributed by atoms with van der Waals surface area (Å²) < 4.78 is 0. The van der Waals surface area contributed by atoms with Gasteiger partial charge in [0.25, 0.3) is 0 Å². The molecule has 0 amide bonds. The van der Waals surface area contributed by atoms with Crippen LogP contribution in [0.4, 0.5) is 0 Å². The number of aryl methyl sites for hydroxylation is 1. The number of aliphatic hydroxyl groups is 1. The topological polar surface area (TPSA) is 20.2 Å². The molecule has 0 aliphatic heterocycles. The summed E-state index contributed by atoms with van der Waals surface area (Å²) in [6, 6.07) is 19.3. The van der Waals surface area contributed by atoms with E-state index in [0.717, 1.165) is 0 Å². The summed E-state index contributed by atoms with van der Waals surface area (Å²) in [6.45, 7) is 4.02. The Labute approximate surface area is 114 Å². The van der Waals surface area contributed by atoms with Crippen LogP contribution in [0.3, 0.4) is 0 Å². The van der Waals surface area contributed by atoms with Crippen LogP contribution in [0.2, 0.25) is 0 Å². The van der Waals surface area contributed by atoms with Gasteiger partial charge in [-0.15, -0.1) is 0 Å². The highest BCUT2D eigenvalue weighted by atomic mass is 16.3. The number of benzene rings is 2. The van der Waals surface area contributed by atoms with Crippen molar-refractivity contribution in [3.8, 4) is 0 Å². The van der Waals surface area contributed by atoms with Crippen LogP contribution in [0.5, 0.6) is 0 Å². The highest BCUT2D eigenvalue weighted by Gasteiger charge is 2.53. The van der Waals surface area contributed by atoms with Crippen molar-refractivity contribution in [3.05, 3.63) is 71.3 Å². The zero-order chi connectivity index (χ0) is 13.4. The first-order valence-corrected chi connectivity index (χ1v) is 6.98. The maximum atomic E-state index is 10.0. The summed E-state index contributed by atoms with van der Waals surface area (Å²) in [4.78, 5) is 0. The van der Waals surface area contributed by atoms with Crippen LogP contribution < -0.4 is 0 Å². The molecule has 1 saturated carbocycles. The van der Waals surface area contributed by atoms with Gasteiger partial charge in [0, 0.05) is 0 Å². The van der Waals surface area contributed by atoms with E-state index in [9.17, 15) is 5.11 Å². The van der Waals surface area contributed by atoms with Crippen LogP contribution in [-0.4, -0.2) is 11.2 Å². The smallest absolute Gasteiger partial charge is 0.0552 e. The van der Waals surface area contributed by atoms with E-state index in [2.05, 4.69) is 55.5 Å². The van der Waals surface area contributed by atoms with Crippen LogP contribution in [-0.2, 0) is 0 Å². The molecule has 1 N–H and O–H groups in total. The Morgan fingerprint density at radius 2 is 1.37 bits per heavy atom. The lowest BCUT2D eigenvalue weighted by atomic mass is 10.0.